The van der Waals surface area contributed by atoms with Crippen LogP contribution in [-0.4, -0.2) is 34.2 Å². The summed E-state index contributed by atoms with van der Waals surface area (Å²) in [6.45, 7) is 6.20. The second-order valence-electron chi connectivity index (χ2n) is 6.61. The first-order valence-electron chi connectivity index (χ1n) is 9.00. The van der Waals surface area contributed by atoms with Gasteiger partial charge in [-0.05, 0) is 50.7 Å². The van der Waals surface area contributed by atoms with Crippen LogP contribution in [0.15, 0.2) is 17.4 Å². The molecule has 2 aromatic rings. The Morgan fingerprint density at radius 1 is 1.41 bits per heavy atom. The van der Waals surface area contributed by atoms with Gasteiger partial charge in [-0.15, -0.1) is 11.3 Å². The molecule has 3 rings (SSSR count). The summed E-state index contributed by atoms with van der Waals surface area (Å²) in [5.41, 5.74) is 2.45. The van der Waals surface area contributed by atoms with Gasteiger partial charge in [0.25, 0.3) is 0 Å². The molecule has 1 amide bonds. The number of rotatable bonds is 6. The highest BCUT2D eigenvalue weighted by Crippen LogP contribution is 2.40. The molecule has 1 N–H and O–H groups in total. The number of fused-ring (bicyclic) bond motifs is 1. The number of anilines is 1. The summed E-state index contributed by atoms with van der Waals surface area (Å²) in [5.74, 6) is 0.302. The van der Waals surface area contributed by atoms with Gasteiger partial charge in [-0.1, -0.05) is 18.7 Å². The largest absolute Gasteiger partial charge is 0.462 e. The van der Waals surface area contributed by atoms with E-state index in [1.165, 1.54) is 34.3 Å². The summed E-state index contributed by atoms with van der Waals surface area (Å²) in [6, 6.07) is 1.84. The molecule has 1 aliphatic rings. The Kier molecular flexibility index (Phi) is 6.49. The Morgan fingerprint density at radius 2 is 2.22 bits per heavy atom. The lowest BCUT2D eigenvalue weighted by atomic mass is 9.88. The van der Waals surface area contributed by atoms with Crippen molar-refractivity contribution in [2.24, 2.45) is 5.92 Å². The third-order valence-electron chi connectivity index (χ3n) is 4.37. The SMILES string of the molecule is CCOC(=O)c1c(NC(=O)CSc2cc(C)ncn2)sc2c1CCC(C)C2. The quantitative estimate of drug-likeness (QED) is 0.446. The van der Waals surface area contributed by atoms with Gasteiger partial charge in [0, 0.05) is 10.6 Å². The van der Waals surface area contributed by atoms with Crippen LogP contribution in [-0.2, 0) is 22.4 Å². The predicted octanol–water partition coefficient (Wildman–Crippen LogP) is 3.88. The second kappa shape index (κ2) is 8.84. The number of thioether (sulfide) groups is 1. The van der Waals surface area contributed by atoms with Gasteiger partial charge in [0.05, 0.1) is 17.9 Å². The predicted molar refractivity (Wildman–Crippen MR) is 108 cm³/mol. The minimum Gasteiger partial charge on any atom is -0.462 e. The molecule has 2 heterocycles. The summed E-state index contributed by atoms with van der Waals surface area (Å²) in [5, 5.41) is 4.28. The molecule has 0 aromatic carbocycles. The fourth-order valence-corrected chi connectivity index (χ4v) is 5.21. The zero-order valence-electron chi connectivity index (χ0n) is 15.7. The normalized spacial score (nSPS) is 15.9. The molecule has 0 radical (unpaired) electrons. The molecule has 144 valence electrons. The molecule has 1 aliphatic carbocycles. The van der Waals surface area contributed by atoms with Crippen molar-refractivity contribution < 1.29 is 14.3 Å². The zero-order chi connectivity index (χ0) is 19.4. The fraction of sp³-hybridized carbons (Fsp3) is 0.474. The molecule has 6 nitrogen and oxygen atoms in total. The first-order valence-corrected chi connectivity index (χ1v) is 10.8. The van der Waals surface area contributed by atoms with E-state index < -0.39 is 0 Å². The number of ether oxygens (including phenoxy) is 1. The number of aromatic nitrogens is 2. The highest BCUT2D eigenvalue weighted by molar-refractivity contribution is 7.99. The molecule has 0 fully saturated rings. The van der Waals surface area contributed by atoms with Crippen LogP contribution >= 0.6 is 23.1 Å². The van der Waals surface area contributed by atoms with Crippen molar-refractivity contribution >= 4 is 40.0 Å². The maximum atomic E-state index is 12.5. The molecule has 0 aliphatic heterocycles. The molecule has 1 unspecified atom stereocenters. The highest BCUT2D eigenvalue weighted by Gasteiger charge is 2.29. The number of hydrogen-bond acceptors (Lipinski definition) is 7. The van der Waals surface area contributed by atoms with E-state index in [9.17, 15) is 9.59 Å². The van der Waals surface area contributed by atoms with Gasteiger partial charge >= 0.3 is 5.97 Å². The second-order valence-corrected chi connectivity index (χ2v) is 8.71. The van der Waals surface area contributed by atoms with Gasteiger partial charge in [0.1, 0.15) is 16.4 Å². The average molecular weight is 406 g/mol. The molecule has 0 bridgehead atoms. The fourth-order valence-electron chi connectivity index (χ4n) is 3.07. The van der Waals surface area contributed by atoms with Crippen molar-refractivity contribution in [1.82, 2.24) is 9.97 Å². The van der Waals surface area contributed by atoms with E-state index in [-0.39, 0.29) is 17.6 Å². The number of aryl methyl sites for hydroxylation is 1. The number of nitrogens with zero attached hydrogens (tertiary/aromatic N) is 2. The summed E-state index contributed by atoms with van der Waals surface area (Å²) in [4.78, 5) is 34.3. The third-order valence-corrected chi connectivity index (χ3v) is 6.47. The Balaban J connectivity index is 1.75. The van der Waals surface area contributed by atoms with E-state index in [2.05, 4.69) is 22.2 Å². The summed E-state index contributed by atoms with van der Waals surface area (Å²) in [6.07, 6.45) is 4.33. The summed E-state index contributed by atoms with van der Waals surface area (Å²) < 4.78 is 5.24. The van der Waals surface area contributed by atoms with Crippen LogP contribution in [0, 0.1) is 12.8 Å². The average Bonchev–Trinajstić information content (AvgIpc) is 2.97. The van der Waals surface area contributed by atoms with Gasteiger partial charge in [-0.2, -0.15) is 0 Å². The molecule has 0 saturated carbocycles. The van der Waals surface area contributed by atoms with Crippen molar-refractivity contribution in [3.05, 3.63) is 34.1 Å². The Hall–Kier alpha value is -1.93. The van der Waals surface area contributed by atoms with Crippen LogP contribution in [0.1, 0.15) is 46.8 Å². The molecule has 27 heavy (non-hydrogen) atoms. The van der Waals surface area contributed by atoms with Crippen LogP contribution < -0.4 is 5.32 Å². The van der Waals surface area contributed by atoms with Gasteiger partial charge < -0.3 is 10.1 Å². The molecule has 8 heteroatoms. The maximum absolute atomic E-state index is 12.5. The van der Waals surface area contributed by atoms with E-state index in [1.54, 1.807) is 6.92 Å². The minimum absolute atomic E-state index is 0.159. The Morgan fingerprint density at radius 3 is 2.96 bits per heavy atom. The number of esters is 1. The topological polar surface area (TPSA) is 81.2 Å². The zero-order valence-corrected chi connectivity index (χ0v) is 17.3. The first kappa shape index (κ1) is 19.8. The van der Waals surface area contributed by atoms with Crippen LogP contribution in [0.3, 0.4) is 0 Å². The van der Waals surface area contributed by atoms with Crippen molar-refractivity contribution in [2.45, 2.75) is 45.1 Å². The Labute approximate surface area is 167 Å². The number of carbonyl (C=O) groups excluding carboxylic acids is 2. The number of carbonyl (C=O) groups is 2. The lowest BCUT2D eigenvalue weighted by Crippen LogP contribution is -2.17. The molecular weight excluding hydrogens is 382 g/mol. The summed E-state index contributed by atoms with van der Waals surface area (Å²) >= 11 is 2.85. The minimum atomic E-state index is -0.348. The van der Waals surface area contributed by atoms with Crippen LogP contribution in [0.25, 0.3) is 0 Å². The number of thiophene rings is 1. The number of nitrogens with one attached hydrogen (secondary N) is 1. The lowest BCUT2D eigenvalue weighted by Gasteiger charge is -2.18. The van der Waals surface area contributed by atoms with Crippen LogP contribution in [0.5, 0.6) is 0 Å². The van der Waals surface area contributed by atoms with Crippen molar-refractivity contribution in [3.8, 4) is 0 Å². The molecule has 0 saturated heterocycles. The monoisotopic (exact) mass is 405 g/mol. The van der Waals surface area contributed by atoms with Crippen molar-refractivity contribution in [1.29, 1.82) is 0 Å². The lowest BCUT2D eigenvalue weighted by molar-refractivity contribution is -0.113. The maximum Gasteiger partial charge on any atom is 0.341 e. The molecule has 1 atom stereocenters. The van der Waals surface area contributed by atoms with Crippen molar-refractivity contribution in [2.75, 3.05) is 17.7 Å². The van der Waals surface area contributed by atoms with E-state index in [1.807, 2.05) is 13.0 Å². The van der Waals surface area contributed by atoms with Gasteiger partial charge in [-0.25, -0.2) is 14.8 Å². The van der Waals surface area contributed by atoms with Gasteiger partial charge in [0.15, 0.2) is 0 Å². The van der Waals surface area contributed by atoms with E-state index in [0.29, 0.717) is 23.1 Å². The molecule has 2 aromatic heterocycles. The standard InChI is InChI=1S/C19H23N3O3S2/c1-4-25-19(24)17-13-6-5-11(2)7-14(13)27-18(17)22-15(23)9-26-16-8-12(3)20-10-21-16/h8,10-11H,4-7,9H2,1-3H3,(H,22,23). The van der Waals surface area contributed by atoms with Gasteiger partial charge in [0.2, 0.25) is 5.91 Å². The number of amides is 1. The highest BCUT2D eigenvalue weighted by atomic mass is 32.2. The van der Waals surface area contributed by atoms with E-state index in [0.717, 1.165) is 35.5 Å². The molecular formula is C19H23N3O3S2. The van der Waals surface area contributed by atoms with E-state index >= 15 is 0 Å². The third kappa shape index (κ3) is 4.87. The van der Waals surface area contributed by atoms with Crippen molar-refractivity contribution in [3.63, 3.8) is 0 Å². The van der Waals surface area contributed by atoms with E-state index in [4.69, 9.17) is 4.74 Å². The summed E-state index contributed by atoms with van der Waals surface area (Å²) in [7, 11) is 0. The van der Waals surface area contributed by atoms with Crippen LogP contribution in [0.2, 0.25) is 0 Å². The Bertz CT molecular complexity index is 851. The van der Waals surface area contributed by atoms with Gasteiger partial charge in [-0.3, -0.25) is 4.79 Å². The van der Waals surface area contributed by atoms with Crippen LogP contribution in [0.4, 0.5) is 5.00 Å². The molecule has 0 spiro atoms. The number of hydrogen-bond donors (Lipinski definition) is 1. The smallest absolute Gasteiger partial charge is 0.341 e. The first-order chi connectivity index (χ1) is 13.0.